The van der Waals surface area contributed by atoms with Crippen molar-refractivity contribution in [1.82, 2.24) is 5.32 Å². The Morgan fingerprint density at radius 1 is 1.38 bits per heavy atom. The van der Waals surface area contributed by atoms with Gasteiger partial charge in [0.25, 0.3) is 0 Å². The van der Waals surface area contributed by atoms with Gasteiger partial charge in [-0.15, -0.1) is 0 Å². The normalized spacial score (nSPS) is 23.0. The SMILES string of the molecule is COc1ccc(C(CN)NCC2(C)CCCO2)c(OC)c1. The molecule has 0 aliphatic carbocycles. The largest absolute Gasteiger partial charge is 0.497 e. The van der Waals surface area contributed by atoms with Crippen LogP contribution >= 0.6 is 0 Å². The van der Waals surface area contributed by atoms with Crippen molar-refractivity contribution in [3.8, 4) is 11.5 Å². The van der Waals surface area contributed by atoms with Gasteiger partial charge in [-0.05, 0) is 25.8 Å². The topological polar surface area (TPSA) is 65.7 Å². The fourth-order valence-electron chi connectivity index (χ4n) is 2.74. The molecular formula is C16H26N2O3. The molecule has 0 aromatic heterocycles. The maximum absolute atomic E-state index is 5.94. The first-order valence-electron chi connectivity index (χ1n) is 7.41. The van der Waals surface area contributed by atoms with Gasteiger partial charge < -0.3 is 25.3 Å². The number of nitrogens with two attached hydrogens (primary N) is 1. The summed E-state index contributed by atoms with van der Waals surface area (Å²) in [4.78, 5) is 0. The van der Waals surface area contributed by atoms with Gasteiger partial charge in [-0.2, -0.15) is 0 Å². The van der Waals surface area contributed by atoms with Crippen LogP contribution in [0.4, 0.5) is 0 Å². The van der Waals surface area contributed by atoms with E-state index < -0.39 is 0 Å². The molecule has 2 rings (SSSR count). The van der Waals surface area contributed by atoms with E-state index in [4.69, 9.17) is 19.9 Å². The molecule has 1 aliphatic rings. The molecule has 1 saturated heterocycles. The fraction of sp³-hybridized carbons (Fsp3) is 0.625. The van der Waals surface area contributed by atoms with Gasteiger partial charge in [0.15, 0.2) is 0 Å². The smallest absolute Gasteiger partial charge is 0.127 e. The Morgan fingerprint density at radius 3 is 2.76 bits per heavy atom. The highest BCUT2D eigenvalue weighted by Gasteiger charge is 2.30. The van der Waals surface area contributed by atoms with E-state index in [0.29, 0.717) is 6.54 Å². The van der Waals surface area contributed by atoms with Gasteiger partial charge in [-0.3, -0.25) is 0 Å². The number of benzene rings is 1. The average molecular weight is 294 g/mol. The summed E-state index contributed by atoms with van der Waals surface area (Å²) in [7, 11) is 3.30. The summed E-state index contributed by atoms with van der Waals surface area (Å²) in [6, 6.07) is 5.84. The van der Waals surface area contributed by atoms with E-state index >= 15 is 0 Å². The summed E-state index contributed by atoms with van der Waals surface area (Å²) in [5.74, 6) is 1.56. The van der Waals surface area contributed by atoms with Gasteiger partial charge in [-0.25, -0.2) is 0 Å². The van der Waals surface area contributed by atoms with E-state index in [1.54, 1.807) is 14.2 Å². The van der Waals surface area contributed by atoms with Crippen LogP contribution in [0.25, 0.3) is 0 Å². The molecule has 2 unspecified atom stereocenters. The van der Waals surface area contributed by atoms with Crippen LogP contribution in [0.15, 0.2) is 18.2 Å². The molecule has 2 atom stereocenters. The van der Waals surface area contributed by atoms with Gasteiger partial charge in [0.05, 0.1) is 19.8 Å². The van der Waals surface area contributed by atoms with Crippen molar-refractivity contribution in [2.75, 3.05) is 33.9 Å². The van der Waals surface area contributed by atoms with Gasteiger partial charge in [-0.1, -0.05) is 6.07 Å². The molecule has 5 nitrogen and oxygen atoms in total. The summed E-state index contributed by atoms with van der Waals surface area (Å²) < 4.78 is 16.5. The van der Waals surface area contributed by atoms with E-state index in [-0.39, 0.29) is 11.6 Å². The summed E-state index contributed by atoms with van der Waals surface area (Å²) >= 11 is 0. The number of ether oxygens (including phenoxy) is 3. The molecule has 118 valence electrons. The lowest BCUT2D eigenvalue weighted by Crippen LogP contribution is -2.41. The average Bonchev–Trinajstić information content (AvgIpc) is 2.95. The second-order valence-corrected chi connectivity index (χ2v) is 5.68. The number of methoxy groups -OCH3 is 2. The van der Waals surface area contributed by atoms with Crippen molar-refractivity contribution in [2.45, 2.75) is 31.4 Å². The molecule has 0 radical (unpaired) electrons. The molecule has 0 amide bonds. The third-order valence-corrected chi connectivity index (χ3v) is 4.07. The van der Waals surface area contributed by atoms with E-state index in [1.807, 2.05) is 18.2 Å². The zero-order chi connectivity index (χ0) is 15.3. The van der Waals surface area contributed by atoms with Crippen molar-refractivity contribution < 1.29 is 14.2 Å². The highest BCUT2D eigenvalue weighted by atomic mass is 16.5. The molecule has 21 heavy (non-hydrogen) atoms. The second-order valence-electron chi connectivity index (χ2n) is 5.68. The predicted molar refractivity (Wildman–Crippen MR) is 82.9 cm³/mol. The van der Waals surface area contributed by atoms with Crippen LogP contribution in [-0.2, 0) is 4.74 Å². The monoisotopic (exact) mass is 294 g/mol. The number of hydrogen-bond acceptors (Lipinski definition) is 5. The minimum Gasteiger partial charge on any atom is -0.497 e. The molecule has 0 spiro atoms. The second kappa shape index (κ2) is 7.11. The Kier molecular flexibility index (Phi) is 5.45. The maximum Gasteiger partial charge on any atom is 0.127 e. The van der Waals surface area contributed by atoms with Crippen LogP contribution in [0.1, 0.15) is 31.4 Å². The van der Waals surface area contributed by atoms with E-state index in [0.717, 1.165) is 43.1 Å². The lowest BCUT2D eigenvalue weighted by molar-refractivity contribution is 0.0188. The van der Waals surface area contributed by atoms with Gasteiger partial charge in [0.1, 0.15) is 11.5 Å². The molecule has 1 aromatic carbocycles. The van der Waals surface area contributed by atoms with Crippen molar-refractivity contribution >= 4 is 0 Å². The molecule has 3 N–H and O–H groups in total. The van der Waals surface area contributed by atoms with Gasteiger partial charge >= 0.3 is 0 Å². The van der Waals surface area contributed by atoms with Crippen LogP contribution < -0.4 is 20.5 Å². The molecule has 0 bridgehead atoms. The van der Waals surface area contributed by atoms with Crippen molar-refractivity contribution in [1.29, 1.82) is 0 Å². The van der Waals surface area contributed by atoms with Gasteiger partial charge in [0.2, 0.25) is 0 Å². The molecule has 1 fully saturated rings. The molecule has 1 heterocycles. The zero-order valence-electron chi connectivity index (χ0n) is 13.1. The highest BCUT2D eigenvalue weighted by Crippen LogP contribution is 2.30. The van der Waals surface area contributed by atoms with Crippen LogP contribution in [0.5, 0.6) is 11.5 Å². The van der Waals surface area contributed by atoms with Gasteiger partial charge in [0, 0.05) is 37.4 Å². The van der Waals surface area contributed by atoms with Crippen molar-refractivity contribution in [2.24, 2.45) is 5.73 Å². The lowest BCUT2D eigenvalue weighted by Gasteiger charge is -2.28. The minimum atomic E-state index is -0.0902. The first kappa shape index (κ1) is 16.1. The number of hydrogen-bond donors (Lipinski definition) is 2. The predicted octanol–water partition coefficient (Wildman–Crippen LogP) is 1.86. The van der Waals surface area contributed by atoms with Crippen molar-refractivity contribution in [3.63, 3.8) is 0 Å². The number of nitrogens with one attached hydrogen (secondary N) is 1. The Bertz CT molecular complexity index is 459. The molecule has 5 heteroatoms. The Labute approximate surface area is 126 Å². The fourth-order valence-corrected chi connectivity index (χ4v) is 2.74. The van der Waals surface area contributed by atoms with Crippen LogP contribution in [0.3, 0.4) is 0 Å². The molecular weight excluding hydrogens is 268 g/mol. The standard InChI is InChI=1S/C16H26N2O3/c1-16(7-4-8-21-16)11-18-14(10-17)13-6-5-12(19-2)9-15(13)20-3/h5-6,9,14,18H,4,7-8,10-11,17H2,1-3H3. The number of rotatable bonds is 7. The third kappa shape index (κ3) is 3.87. The quantitative estimate of drug-likeness (QED) is 0.803. The van der Waals surface area contributed by atoms with E-state index in [9.17, 15) is 0 Å². The zero-order valence-corrected chi connectivity index (χ0v) is 13.1. The molecule has 1 aromatic rings. The van der Waals surface area contributed by atoms with Crippen molar-refractivity contribution in [3.05, 3.63) is 23.8 Å². The molecule has 1 aliphatic heterocycles. The summed E-state index contributed by atoms with van der Waals surface area (Å²) in [6.45, 7) is 4.27. The maximum atomic E-state index is 5.94. The van der Waals surface area contributed by atoms with E-state index in [2.05, 4.69) is 12.2 Å². The van der Waals surface area contributed by atoms with Crippen LogP contribution in [-0.4, -0.2) is 39.5 Å². The van der Waals surface area contributed by atoms with Crippen LogP contribution in [0.2, 0.25) is 0 Å². The summed E-state index contributed by atoms with van der Waals surface area (Å²) in [5, 5.41) is 3.51. The first-order chi connectivity index (χ1) is 10.1. The molecule has 0 saturated carbocycles. The van der Waals surface area contributed by atoms with E-state index in [1.165, 1.54) is 0 Å². The third-order valence-electron chi connectivity index (χ3n) is 4.07. The lowest BCUT2D eigenvalue weighted by atomic mass is 10.0. The Morgan fingerprint density at radius 2 is 2.19 bits per heavy atom. The Balaban J connectivity index is 2.09. The first-order valence-corrected chi connectivity index (χ1v) is 7.41. The highest BCUT2D eigenvalue weighted by molar-refractivity contribution is 5.42. The minimum absolute atomic E-state index is 0.0341. The summed E-state index contributed by atoms with van der Waals surface area (Å²) in [5.41, 5.74) is 6.89. The Hall–Kier alpha value is -1.30. The summed E-state index contributed by atoms with van der Waals surface area (Å²) in [6.07, 6.45) is 2.20. The van der Waals surface area contributed by atoms with Crippen LogP contribution in [0, 0.1) is 0 Å².